The van der Waals surface area contributed by atoms with Gasteiger partial charge in [-0.1, -0.05) is 0 Å². The maximum Gasteiger partial charge on any atom is 0.240 e. The zero-order valence-corrected chi connectivity index (χ0v) is 16.6. The number of aryl methyl sites for hydroxylation is 3. The number of carbonyl (C=O) groups is 1. The fourth-order valence-corrected chi connectivity index (χ4v) is 5.05. The number of imidazole rings is 1. The van der Waals surface area contributed by atoms with Gasteiger partial charge >= 0.3 is 0 Å². The summed E-state index contributed by atoms with van der Waals surface area (Å²) in [4.78, 5) is 24.8. The number of carbonyl (C=O) groups excluding carboxylic acids is 1. The van der Waals surface area contributed by atoms with Crippen LogP contribution in [-0.4, -0.2) is 56.1 Å². The van der Waals surface area contributed by atoms with Crippen LogP contribution in [0, 0.1) is 6.92 Å². The third-order valence-electron chi connectivity index (χ3n) is 5.27. The van der Waals surface area contributed by atoms with Crippen molar-refractivity contribution in [1.29, 1.82) is 0 Å². The van der Waals surface area contributed by atoms with Crippen molar-refractivity contribution in [2.45, 2.75) is 38.6 Å². The molecule has 3 aromatic rings. The molecule has 0 saturated carbocycles. The Labute approximate surface area is 167 Å². The van der Waals surface area contributed by atoms with E-state index in [9.17, 15) is 4.79 Å². The van der Waals surface area contributed by atoms with Crippen molar-refractivity contribution >= 4 is 33.8 Å². The molecule has 4 heterocycles. The van der Waals surface area contributed by atoms with Crippen LogP contribution in [0.25, 0.3) is 5.65 Å². The van der Waals surface area contributed by atoms with Crippen LogP contribution in [0.4, 0.5) is 10.9 Å². The minimum absolute atomic E-state index is 0.0153. The van der Waals surface area contributed by atoms with Crippen LogP contribution in [0.2, 0.25) is 0 Å². The number of hydrogen-bond donors (Lipinski definition) is 2. The van der Waals surface area contributed by atoms with E-state index in [1.165, 1.54) is 17.0 Å². The zero-order chi connectivity index (χ0) is 19.1. The number of likely N-dealkylation sites (tertiary alicyclic amines) is 1. The third kappa shape index (κ3) is 3.59. The Kier molecular flexibility index (Phi) is 4.48. The monoisotopic (exact) mass is 397 g/mol. The number of nitrogens with zero attached hydrogens (tertiary/aromatic N) is 5. The molecule has 0 bridgehead atoms. The number of rotatable bonds is 5. The molecule has 5 rings (SSSR count). The van der Waals surface area contributed by atoms with E-state index in [0.29, 0.717) is 6.54 Å². The van der Waals surface area contributed by atoms with Gasteiger partial charge < -0.3 is 10.6 Å². The summed E-state index contributed by atoms with van der Waals surface area (Å²) < 4.78 is 1.79. The fraction of sp³-hybridized carbons (Fsp3) is 0.474. The summed E-state index contributed by atoms with van der Waals surface area (Å²) in [6.45, 7) is 4.08. The summed E-state index contributed by atoms with van der Waals surface area (Å²) in [6, 6.07) is 4.21. The summed E-state index contributed by atoms with van der Waals surface area (Å²) in [7, 11) is 0. The van der Waals surface area contributed by atoms with E-state index >= 15 is 0 Å². The van der Waals surface area contributed by atoms with E-state index in [0.717, 1.165) is 54.6 Å². The van der Waals surface area contributed by atoms with E-state index in [1.807, 2.05) is 25.3 Å². The topological polar surface area (TPSA) is 87.5 Å². The minimum atomic E-state index is 0.0153. The molecule has 0 spiro atoms. The smallest absolute Gasteiger partial charge is 0.240 e. The lowest BCUT2D eigenvalue weighted by Gasteiger charge is -2.16. The quantitative estimate of drug-likeness (QED) is 0.686. The molecule has 28 heavy (non-hydrogen) atoms. The van der Waals surface area contributed by atoms with Crippen LogP contribution in [-0.2, 0) is 17.6 Å². The molecule has 1 aliphatic heterocycles. The van der Waals surface area contributed by atoms with Crippen molar-refractivity contribution in [3.8, 4) is 0 Å². The number of thiazole rings is 1. The van der Waals surface area contributed by atoms with E-state index < -0.39 is 0 Å². The summed E-state index contributed by atoms with van der Waals surface area (Å²) in [5.41, 5.74) is 2.97. The number of amides is 1. The Balaban J connectivity index is 1.14. The van der Waals surface area contributed by atoms with Crippen LogP contribution >= 0.6 is 11.3 Å². The normalized spacial score (nSPS) is 19.2. The van der Waals surface area contributed by atoms with Gasteiger partial charge in [-0.15, -0.1) is 16.4 Å². The number of anilines is 2. The second kappa shape index (κ2) is 7.14. The Hall–Kier alpha value is -2.52. The number of fused-ring (bicyclic) bond motifs is 2. The van der Waals surface area contributed by atoms with Gasteiger partial charge in [-0.05, 0) is 44.7 Å². The average Bonchev–Trinajstić information content (AvgIpc) is 3.38. The summed E-state index contributed by atoms with van der Waals surface area (Å²) in [5, 5.41) is 11.8. The standard InChI is InChI=1S/C19H23N7OS/c1-12-9-26-17(20-12)6-5-16(24-26)21-13-7-8-25(10-13)11-18(27)23-19-22-14-3-2-4-15(14)28-19/h5-6,9,13H,2-4,7-8,10-11H2,1H3,(H,21,24)(H,22,23,27). The molecule has 1 unspecified atom stereocenters. The lowest BCUT2D eigenvalue weighted by molar-refractivity contribution is -0.117. The Morgan fingerprint density at radius 1 is 1.32 bits per heavy atom. The van der Waals surface area contributed by atoms with Gasteiger partial charge in [0.25, 0.3) is 0 Å². The van der Waals surface area contributed by atoms with Gasteiger partial charge in [0.2, 0.25) is 5.91 Å². The molecule has 0 radical (unpaired) electrons. The first kappa shape index (κ1) is 17.6. The second-order valence-electron chi connectivity index (χ2n) is 7.56. The van der Waals surface area contributed by atoms with Gasteiger partial charge in [-0.2, -0.15) is 0 Å². The molecule has 1 amide bonds. The Morgan fingerprint density at radius 2 is 2.25 bits per heavy atom. The van der Waals surface area contributed by atoms with E-state index in [-0.39, 0.29) is 11.9 Å². The molecule has 1 aliphatic carbocycles. The van der Waals surface area contributed by atoms with Gasteiger partial charge in [-0.25, -0.2) is 14.5 Å². The molecule has 1 atom stereocenters. The van der Waals surface area contributed by atoms with Crippen molar-refractivity contribution in [1.82, 2.24) is 24.5 Å². The van der Waals surface area contributed by atoms with Crippen molar-refractivity contribution < 1.29 is 4.79 Å². The first-order valence-electron chi connectivity index (χ1n) is 9.73. The first-order valence-corrected chi connectivity index (χ1v) is 10.5. The predicted molar refractivity (Wildman–Crippen MR) is 109 cm³/mol. The molecule has 2 N–H and O–H groups in total. The van der Waals surface area contributed by atoms with Crippen molar-refractivity contribution in [2.75, 3.05) is 30.3 Å². The van der Waals surface area contributed by atoms with Gasteiger partial charge in [0.05, 0.1) is 24.1 Å². The molecular formula is C19H23N7OS. The molecule has 0 aromatic carbocycles. The average molecular weight is 398 g/mol. The zero-order valence-electron chi connectivity index (χ0n) is 15.8. The predicted octanol–water partition coefficient (Wildman–Crippen LogP) is 2.11. The second-order valence-corrected chi connectivity index (χ2v) is 8.64. The Morgan fingerprint density at radius 3 is 3.14 bits per heavy atom. The highest BCUT2D eigenvalue weighted by molar-refractivity contribution is 7.15. The molecule has 1 saturated heterocycles. The van der Waals surface area contributed by atoms with Crippen LogP contribution in [0.15, 0.2) is 18.3 Å². The molecular weight excluding hydrogens is 374 g/mol. The van der Waals surface area contributed by atoms with E-state index in [4.69, 9.17) is 0 Å². The van der Waals surface area contributed by atoms with E-state index in [1.54, 1.807) is 15.9 Å². The summed E-state index contributed by atoms with van der Waals surface area (Å²) >= 11 is 1.62. The van der Waals surface area contributed by atoms with Crippen LogP contribution in [0.3, 0.4) is 0 Å². The van der Waals surface area contributed by atoms with Crippen molar-refractivity contribution in [3.05, 3.63) is 34.6 Å². The van der Waals surface area contributed by atoms with Gasteiger partial charge in [0, 0.05) is 24.0 Å². The molecule has 2 aliphatic rings. The van der Waals surface area contributed by atoms with Crippen molar-refractivity contribution in [3.63, 3.8) is 0 Å². The highest BCUT2D eigenvalue weighted by atomic mass is 32.1. The van der Waals surface area contributed by atoms with Crippen LogP contribution in [0.5, 0.6) is 0 Å². The lowest BCUT2D eigenvalue weighted by Crippen LogP contribution is -2.33. The third-order valence-corrected chi connectivity index (χ3v) is 6.35. The largest absolute Gasteiger partial charge is 0.365 e. The minimum Gasteiger partial charge on any atom is -0.365 e. The highest BCUT2D eigenvalue weighted by Crippen LogP contribution is 2.30. The molecule has 8 nitrogen and oxygen atoms in total. The maximum atomic E-state index is 12.4. The molecule has 9 heteroatoms. The van der Waals surface area contributed by atoms with Gasteiger partial charge in [-0.3, -0.25) is 9.69 Å². The lowest BCUT2D eigenvalue weighted by atomic mass is 10.2. The van der Waals surface area contributed by atoms with E-state index in [2.05, 4.69) is 30.6 Å². The van der Waals surface area contributed by atoms with Crippen molar-refractivity contribution in [2.24, 2.45) is 0 Å². The SMILES string of the molecule is Cc1cn2nc(NC3CCN(CC(=O)Nc4nc5c(s4)CCC5)C3)ccc2n1. The summed E-state index contributed by atoms with van der Waals surface area (Å²) in [5.74, 6) is 0.847. The number of nitrogens with one attached hydrogen (secondary N) is 2. The Bertz CT molecular complexity index is 1010. The molecule has 3 aromatic heterocycles. The number of hydrogen-bond acceptors (Lipinski definition) is 7. The van der Waals surface area contributed by atoms with Gasteiger partial charge in [0.1, 0.15) is 5.82 Å². The van der Waals surface area contributed by atoms with Crippen LogP contribution < -0.4 is 10.6 Å². The molecule has 146 valence electrons. The fourth-order valence-electron chi connectivity index (χ4n) is 3.99. The number of aromatic nitrogens is 4. The van der Waals surface area contributed by atoms with Gasteiger partial charge in [0.15, 0.2) is 10.8 Å². The summed E-state index contributed by atoms with van der Waals surface area (Å²) in [6.07, 6.45) is 6.23. The molecule has 1 fully saturated rings. The maximum absolute atomic E-state index is 12.4. The highest BCUT2D eigenvalue weighted by Gasteiger charge is 2.25. The van der Waals surface area contributed by atoms with Crippen LogP contribution in [0.1, 0.15) is 29.1 Å². The first-order chi connectivity index (χ1) is 13.6.